The summed E-state index contributed by atoms with van der Waals surface area (Å²) in [5, 5.41) is 13.7. The van der Waals surface area contributed by atoms with Crippen LogP contribution in [0.2, 0.25) is 5.28 Å². The van der Waals surface area contributed by atoms with Crippen LogP contribution in [0.25, 0.3) is 0 Å². The smallest absolute Gasteiger partial charge is 0.260 e. The minimum absolute atomic E-state index is 0.0225. The molecule has 34 heavy (non-hydrogen) atoms. The van der Waals surface area contributed by atoms with Crippen molar-refractivity contribution in [2.24, 2.45) is 5.10 Å². The highest BCUT2D eigenvalue weighted by Gasteiger charge is 2.13. The molecule has 9 nitrogen and oxygen atoms in total. The summed E-state index contributed by atoms with van der Waals surface area (Å²) in [5.41, 5.74) is 4.92. The number of nitrogens with one attached hydrogen (secondary N) is 1. The highest BCUT2D eigenvalue weighted by molar-refractivity contribution is 8.00. The van der Waals surface area contributed by atoms with E-state index in [4.69, 9.17) is 21.1 Å². The molecule has 1 amide bonds. The number of benzene rings is 1. The summed E-state index contributed by atoms with van der Waals surface area (Å²) in [6, 6.07) is 10.4. The van der Waals surface area contributed by atoms with Crippen LogP contribution in [0, 0.1) is 24.1 Å². The molecule has 0 fully saturated rings. The van der Waals surface area contributed by atoms with E-state index < -0.39 is 5.82 Å². The second kappa shape index (κ2) is 12.0. The van der Waals surface area contributed by atoms with Gasteiger partial charge in [0.25, 0.3) is 5.88 Å². The second-order valence-corrected chi connectivity index (χ2v) is 7.99. The number of thioether (sulfide) groups is 1. The molecule has 1 N–H and O–H groups in total. The molecular formula is C22H18ClFN6O3S. The van der Waals surface area contributed by atoms with Gasteiger partial charge in [-0.05, 0) is 60.0 Å². The Morgan fingerprint density at radius 3 is 2.82 bits per heavy atom. The van der Waals surface area contributed by atoms with Gasteiger partial charge >= 0.3 is 0 Å². The Hall–Kier alpha value is -3.59. The van der Waals surface area contributed by atoms with Crippen LogP contribution in [-0.4, -0.2) is 39.9 Å². The highest BCUT2D eigenvalue weighted by Crippen LogP contribution is 2.25. The van der Waals surface area contributed by atoms with Gasteiger partial charge in [0.1, 0.15) is 16.8 Å². The molecule has 0 saturated heterocycles. The van der Waals surface area contributed by atoms with Gasteiger partial charge in [-0.25, -0.2) is 15.4 Å². The summed E-state index contributed by atoms with van der Waals surface area (Å²) in [6.07, 6.45) is 2.36. The molecule has 0 bridgehead atoms. The van der Waals surface area contributed by atoms with E-state index in [2.05, 4.69) is 31.5 Å². The van der Waals surface area contributed by atoms with Crippen LogP contribution in [-0.2, 0) is 16.1 Å². The predicted octanol–water partition coefficient (Wildman–Crippen LogP) is 4.03. The molecule has 0 unspecified atom stereocenters. The number of halogens is 2. The lowest BCUT2D eigenvalue weighted by Crippen LogP contribution is -2.19. The highest BCUT2D eigenvalue weighted by atomic mass is 35.5. The molecule has 2 aromatic heterocycles. The zero-order valence-electron chi connectivity index (χ0n) is 18.1. The van der Waals surface area contributed by atoms with Crippen molar-refractivity contribution in [3.05, 3.63) is 70.0 Å². The Kier molecular flexibility index (Phi) is 8.86. The molecule has 0 aliphatic heterocycles. The maximum Gasteiger partial charge on any atom is 0.260 e. The maximum atomic E-state index is 13.7. The van der Waals surface area contributed by atoms with Gasteiger partial charge in [0.2, 0.25) is 17.0 Å². The lowest BCUT2D eigenvalue weighted by atomic mass is 10.1. The number of amides is 1. The molecule has 0 saturated carbocycles. The number of hydrogen-bond acceptors (Lipinski definition) is 9. The maximum absolute atomic E-state index is 13.7. The predicted molar refractivity (Wildman–Crippen MR) is 124 cm³/mol. The molecule has 0 radical (unpaired) electrons. The third-order valence-electron chi connectivity index (χ3n) is 4.13. The number of aromatic nitrogens is 3. The van der Waals surface area contributed by atoms with E-state index in [1.807, 2.05) is 6.92 Å². The lowest BCUT2D eigenvalue weighted by molar-refractivity contribution is -0.118. The number of pyridine rings is 1. The number of methoxy groups -OCH3 is 1. The van der Waals surface area contributed by atoms with Crippen molar-refractivity contribution in [1.29, 1.82) is 5.26 Å². The van der Waals surface area contributed by atoms with E-state index in [1.165, 1.54) is 6.21 Å². The molecule has 174 valence electrons. The minimum atomic E-state index is -0.742. The lowest BCUT2D eigenvalue weighted by Gasteiger charge is -2.09. The quantitative estimate of drug-likeness (QED) is 0.202. The largest absolute Gasteiger partial charge is 0.436 e. The Labute approximate surface area is 204 Å². The minimum Gasteiger partial charge on any atom is -0.436 e. The van der Waals surface area contributed by atoms with Crippen molar-refractivity contribution < 1.29 is 18.7 Å². The summed E-state index contributed by atoms with van der Waals surface area (Å²) < 4.78 is 24.1. The zero-order chi connectivity index (χ0) is 24.5. The Morgan fingerprint density at radius 1 is 1.35 bits per heavy atom. The fourth-order valence-electron chi connectivity index (χ4n) is 2.68. The van der Waals surface area contributed by atoms with E-state index >= 15 is 0 Å². The molecular weight excluding hydrogens is 483 g/mol. The van der Waals surface area contributed by atoms with Crippen molar-refractivity contribution in [3.63, 3.8) is 0 Å². The van der Waals surface area contributed by atoms with Gasteiger partial charge in [0.15, 0.2) is 0 Å². The van der Waals surface area contributed by atoms with E-state index in [9.17, 15) is 14.4 Å². The van der Waals surface area contributed by atoms with E-state index in [0.717, 1.165) is 29.2 Å². The van der Waals surface area contributed by atoms with Crippen LogP contribution in [0.3, 0.4) is 0 Å². The molecule has 12 heteroatoms. The second-order valence-electron chi connectivity index (χ2n) is 6.69. The fraction of sp³-hybridized carbons (Fsp3) is 0.182. The van der Waals surface area contributed by atoms with Crippen LogP contribution in [0.15, 0.2) is 46.7 Å². The van der Waals surface area contributed by atoms with Gasteiger partial charge in [-0.15, -0.1) is 0 Å². The van der Waals surface area contributed by atoms with Crippen molar-refractivity contribution in [2.75, 3.05) is 12.9 Å². The fourth-order valence-corrected chi connectivity index (χ4v) is 3.67. The van der Waals surface area contributed by atoms with E-state index in [1.54, 1.807) is 37.4 Å². The van der Waals surface area contributed by atoms with Gasteiger partial charge in [-0.2, -0.15) is 19.7 Å². The standard InChI is InChI=1S/C22H18ClFN6O3S/c1-13-7-15(11-32-2)17(8-25)21(28-13)34-12-19(31)30-27-9-14-3-5-16(6-4-14)33-20-18(24)10-26-22(23)29-20/h3-7,9-10H,11-12H2,1-2H3,(H,30,31)/b27-9+. The number of carbonyl (C=O) groups excluding carboxylic acids is 1. The van der Waals surface area contributed by atoms with Crippen LogP contribution in [0.4, 0.5) is 4.39 Å². The molecule has 0 aliphatic rings. The number of rotatable bonds is 9. The number of ether oxygens (including phenoxy) is 2. The average molecular weight is 501 g/mol. The van der Waals surface area contributed by atoms with Crippen molar-refractivity contribution in [3.8, 4) is 17.7 Å². The van der Waals surface area contributed by atoms with E-state index in [-0.39, 0.29) is 29.4 Å². The summed E-state index contributed by atoms with van der Waals surface area (Å²) in [5.74, 6) is -1.04. The van der Waals surface area contributed by atoms with Crippen LogP contribution >= 0.6 is 23.4 Å². The molecule has 0 atom stereocenters. The third-order valence-corrected chi connectivity index (χ3v) is 5.29. The first kappa shape index (κ1) is 25.0. The molecule has 0 spiro atoms. The summed E-state index contributed by atoms with van der Waals surface area (Å²) in [6.45, 7) is 2.09. The Bertz CT molecular complexity index is 1250. The normalized spacial score (nSPS) is 10.8. The molecule has 3 aromatic rings. The average Bonchev–Trinajstić information content (AvgIpc) is 2.81. The Balaban J connectivity index is 1.54. The van der Waals surface area contributed by atoms with Crippen LogP contribution < -0.4 is 10.2 Å². The third kappa shape index (κ3) is 6.95. The Morgan fingerprint density at radius 2 is 2.12 bits per heavy atom. The van der Waals surface area contributed by atoms with Crippen molar-refractivity contribution in [2.45, 2.75) is 18.6 Å². The van der Waals surface area contributed by atoms with Gasteiger partial charge in [0.05, 0.1) is 30.3 Å². The topological polar surface area (TPSA) is 122 Å². The molecule has 3 rings (SSSR count). The van der Waals surface area contributed by atoms with Gasteiger partial charge < -0.3 is 9.47 Å². The van der Waals surface area contributed by atoms with Crippen molar-refractivity contribution in [1.82, 2.24) is 20.4 Å². The number of nitriles is 1. The number of hydrogen-bond donors (Lipinski definition) is 1. The first-order valence-electron chi connectivity index (χ1n) is 9.69. The van der Waals surface area contributed by atoms with Gasteiger partial charge in [-0.3, -0.25) is 4.79 Å². The van der Waals surface area contributed by atoms with Gasteiger partial charge in [-0.1, -0.05) is 11.8 Å². The first-order valence-corrected chi connectivity index (χ1v) is 11.1. The number of aryl methyl sites for hydroxylation is 1. The molecule has 0 aliphatic carbocycles. The SMILES string of the molecule is COCc1cc(C)nc(SCC(=O)N/N=C/c2ccc(Oc3nc(Cl)ncc3F)cc2)c1C#N. The van der Waals surface area contributed by atoms with E-state index in [0.29, 0.717) is 21.9 Å². The van der Waals surface area contributed by atoms with Gasteiger partial charge in [0, 0.05) is 12.8 Å². The monoisotopic (exact) mass is 500 g/mol. The van der Waals surface area contributed by atoms with Crippen LogP contribution in [0.1, 0.15) is 22.4 Å². The van der Waals surface area contributed by atoms with Crippen LogP contribution in [0.5, 0.6) is 11.6 Å². The number of carbonyl (C=O) groups is 1. The summed E-state index contributed by atoms with van der Waals surface area (Å²) in [7, 11) is 1.55. The zero-order valence-corrected chi connectivity index (χ0v) is 19.7. The first-order chi connectivity index (χ1) is 16.4. The summed E-state index contributed by atoms with van der Waals surface area (Å²) in [4.78, 5) is 23.7. The summed E-state index contributed by atoms with van der Waals surface area (Å²) >= 11 is 6.79. The number of nitrogens with zero attached hydrogens (tertiary/aromatic N) is 5. The number of hydrazone groups is 1. The van der Waals surface area contributed by atoms with Crippen molar-refractivity contribution >= 4 is 35.5 Å². The molecule has 1 aromatic carbocycles. The molecule has 2 heterocycles.